The first-order valence-corrected chi connectivity index (χ1v) is 7.62. The van der Waals surface area contributed by atoms with E-state index in [2.05, 4.69) is 22.3 Å². The van der Waals surface area contributed by atoms with Gasteiger partial charge in [-0.15, -0.1) is 0 Å². The lowest BCUT2D eigenvalue weighted by molar-refractivity contribution is -0.122. The number of carbonyl (C=O) groups excluding carboxylic acids is 1. The van der Waals surface area contributed by atoms with Crippen LogP contribution in [-0.4, -0.2) is 49.7 Å². The molecule has 0 radical (unpaired) electrons. The minimum absolute atomic E-state index is 0.0369. The number of nitrogens with one attached hydrogen (secondary N) is 1. The van der Waals surface area contributed by atoms with Gasteiger partial charge in [0.05, 0.1) is 12.6 Å². The van der Waals surface area contributed by atoms with Gasteiger partial charge in [-0.1, -0.05) is 30.3 Å². The Hall–Kier alpha value is -1.43. The van der Waals surface area contributed by atoms with Crippen molar-refractivity contribution in [2.24, 2.45) is 5.73 Å². The van der Waals surface area contributed by atoms with Gasteiger partial charge in [0.2, 0.25) is 5.91 Å². The van der Waals surface area contributed by atoms with Crippen LogP contribution in [0, 0.1) is 0 Å². The number of ether oxygens (including phenoxy) is 1. The van der Waals surface area contributed by atoms with Crippen LogP contribution in [0.25, 0.3) is 0 Å². The second-order valence-electron chi connectivity index (χ2n) is 5.42. The van der Waals surface area contributed by atoms with Crippen molar-refractivity contribution in [2.75, 3.05) is 32.8 Å². The Morgan fingerprint density at radius 3 is 2.86 bits per heavy atom. The van der Waals surface area contributed by atoms with Gasteiger partial charge in [0.25, 0.3) is 0 Å². The molecule has 1 unspecified atom stereocenters. The molecule has 1 fully saturated rings. The minimum atomic E-state index is 0.0369. The van der Waals surface area contributed by atoms with Crippen molar-refractivity contribution in [3.8, 4) is 0 Å². The van der Waals surface area contributed by atoms with Gasteiger partial charge in [-0.25, -0.2) is 0 Å². The van der Waals surface area contributed by atoms with Crippen LogP contribution < -0.4 is 11.1 Å². The lowest BCUT2D eigenvalue weighted by Crippen LogP contribution is -2.41. The molecule has 0 saturated carbocycles. The van der Waals surface area contributed by atoms with Gasteiger partial charge >= 0.3 is 0 Å². The van der Waals surface area contributed by atoms with Crippen LogP contribution in [0.3, 0.4) is 0 Å². The number of hydrogen-bond acceptors (Lipinski definition) is 4. The highest BCUT2D eigenvalue weighted by Crippen LogP contribution is 2.10. The molecule has 0 aliphatic carbocycles. The Labute approximate surface area is 126 Å². The van der Waals surface area contributed by atoms with Crippen LogP contribution in [0.4, 0.5) is 0 Å². The number of rotatable bonds is 8. The van der Waals surface area contributed by atoms with Gasteiger partial charge in [-0.05, 0) is 18.4 Å². The van der Waals surface area contributed by atoms with E-state index in [9.17, 15) is 4.79 Å². The molecule has 1 aromatic rings. The monoisotopic (exact) mass is 291 g/mol. The van der Waals surface area contributed by atoms with Crippen molar-refractivity contribution in [3.05, 3.63) is 35.9 Å². The summed E-state index contributed by atoms with van der Waals surface area (Å²) in [5.74, 6) is 0.0369. The highest BCUT2D eigenvalue weighted by Gasteiger charge is 2.17. The third kappa shape index (κ3) is 5.83. The zero-order valence-corrected chi connectivity index (χ0v) is 12.5. The molecule has 0 aromatic heterocycles. The zero-order valence-electron chi connectivity index (χ0n) is 12.5. The number of nitrogens with two attached hydrogens (primary N) is 1. The van der Waals surface area contributed by atoms with Gasteiger partial charge in [0, 0.05) is 32.8 Å². The van der Waals surface area contributed by atoms with E-state index >= 15 is 0 Å². The predicted molar refractivity (Wildman–Crippen MR) is 82.8 cm³/mol. The van der Waals surface area contributed by atoms with Crippen molar-refractivity contribution in [1.82, 2.24) is 10.2 Å². The van der Waals surface area contributed by atoms with Gasteiger partial charge in [-0.3, -0.25) is 9.69 Å². The highest BCUT2D eigenvalue weighted by atomic mass is 16.5. The van der Waals surface area contributed by atoms with Crippen molar-refractivity contribution in [2.45, 2.75) is 25.5 Å². The molecular formula is C16H25N3O2. The fraction of sp³-hybridized carbons (Fsp3) is 0.562. The Morgan fingerprint density at radius 2 is 2.19 bits per heavy atom. The first kappa shape index (κ1) is 15.9. The Bertz CT molecular complexity index is 419. The van der Waals surface area contributed by atoms with Crippen molar-refractivity contribution < 1.29 is 9.53 Å². The topological polar surface area (TPSA) is 67.6 Å². The summed E-state index contributed by atoms with van der Waals surface area (Å²) >= 11 is 0. The summed E-state index contributed by atoms with van der Waals surface area (Å²) in [7, 11) is 0. The molecule has 2 rings (SSSR count). The Balaban J connectivity index is 1.76. The average molecular weight is 291 g/mol. The molecule has 1 aromatic carbocycles. The smallest absolute Gasteiger partial charge is 0.234 e. The molecule has 5 nitrogen and oxygen atoms in total. The van der Waals surface area contributed by atoms with E-state index in [-0.39, 0.29) is 12.0 Å². The molecule has 21 heavy (non-hydrogen) atoms. The van der Waals surface area contributed by atoms with E-state index in [1.165, 1.54) is 5.56 Å². The van der Waals surface area contributed by atoms with Gasteiger partial charge in [0.1, 0.15) is 0 Å². The van der Waals surface area contributed by atoms with E-state index in [1.54, 1.807) is 0 Å². The average Bonchev–Trinajstić information content (AvgIpc) is 3.00. The lowest BCUT2D eigenvalue weighted by atomic mass is 10.2. The standard InChI is InChI=1S/C16H25N3O2/c17-8-9-19(12-14-5-2-1-3-6-14)13-16(20)18-11-15-7-4-10-21-15/h1-3,5-6,15H,4,7-13,17H2,(H,18,20). The third-order valence-corrected chi connectivity index (χ3v) is 3.61. The number of hydrogen-bond donors (Lipinski definition) is 2. The van der Waals surface area contributed by atoms with Gasteiger partial charge in [0.15, 0.2) is 0 Å². The number of benzene rings is 1. The molecule has 1 amide bonds. The molecule has 116 valence electrons. The second-order valence-corrected chi connectivity index (χ2v) is 5.42. The first-order valence-electron chi connectivity index (χ1n) is 7.62. The summed E-state index contributed by atoms with van der Waals surface area (Å²) in [5.41, 5.74) is 6.83. The normalized spacial score (nSPS) is 18.1. The Morgan fingerprint density at radius 1 is 1.38 bits per heavy atom. The maximum atomic E-state index is 12.0. The van der Waals surface area contributed by atoms with E-state index in [1.807, 2.05) is 18.2 Å². The fourth-order valence-corrected chi connectivity index (χ4v) is 2.53. The van der Waals surface area contributed by atoms with Crippen LogP contribution in [0.15, 0.2) is 30.3 Å². The second kappa shape index (κ2) is 8.77. The fourth-order valence-electron chi connectivity index (χ4n) is 2.53. The lowest BCUT2D eigenvalue weighted by Gasteiger charge is -2.21. The number of carbonyl (C=O) groups is 1. The van der Waals surface area contributed by atoms with Crippen LogP contribution in [0.2, 0.25) is 0 Å². The van der Waals surface area contributed by atoms with Crippen molar-refractivity contribution in [3.63, 3.8) is 0 Å². The molecule has 0 bridgehead atoms. The van der Waals surface area contributed by atoms with Crippen LogP contribution in [0.5, 0.6) is 0 Å². The number of amides is 1. The quantitative estimate of drug-likeness (QED) is 0.741. The molecule has 1 aliphatic rings. The van der Waals surface area contributed by atoms with Crippen LogP contribution in [-0.2, 0) is 16.1 Å². The minimum Gasteiger partial charge on any atom is -0.376 e. The molecule has 5 heteroatoms. The van der Waals surface area contributed by atoms with E-state index in [0.717, 1.165) is 26.0 Å². The predicted octanol–water partition coefficient (Wildman–Crippen LogP) is 0.743. The summed E-state index contributed by atoms with van der Waals surface area (Å²) in [6, 6.07) is 10.1. The van der Waals surface area contributed by atoms with E-state index in [0.29, 0.717) is 26.2 Å². The third-order valence-electron chi connectivity index (χ3n) is 3.61. The molecular weight excluding hydrogens is 266 g/mol. The van der Waals surface area contributed by atoms with Crippen molar-refractivity contribution in [1.29, 1.82) is 0 Å². The molecule has 3 N–H and O–H groups in total. The molecule has 1 aliphatic heterocycles. The summed E-state index contributed by atoms with van der Waals surface area (Å²) in [5, 5.41) is 2.95. The SMILES string of the molecule is NCCN(CC(=O)NCC1CCCO1)Cc1ccccc1. The molecule has 1 atom stereocenters. The summed E-state index contributed by atoms with van der Waals surface area (Å²) in [4.78, 5) is 14.1. The van der Waals surface area contributed by atoms with Gasteiger partial charge < -0.3 is 15.8 Å². The summed E-state index contributed by atoms with van der Waals surface area (Å²) in [6.45, 7) is 3.80. The first-order chi connectivity index (χ1) is 10.3. The largest absolute Gasteiger partial charge is 0.376 e. The number of nitrogens with zero attached hydrogens (tertiary/aromatic N) is 1. The molecule has 1 saturated heterocycles. The maximum absolute atomic E-state index is 12.0. The van der Waals surface area contributed by atoms with Crippen LogP contribution in [0.1, 0.15) is 18.4 Å². The van der Waals surface area contributed by atoms with Gasteiger partial charge in [-0.2, -0.15) is 0 Å². The molecule has 1 heterocycles. The van der Waals surface area contributed by atoms with E-state index in [4.69, 9.17) is 10.5 Å². The Kier molecular flexibility index (Phi) is 6.66. The van der Waals surface area contributed by atoms with Crippen LogP contribution >= 0.6 is 0 Å². The van der Waals surface area contributed by atoms with Crippen molar-refractivity contribution >= 4 is 5.91 Å². The maximum Gasteiger partial charge on any atom is 0.234 e. The summed E-state index contributed by atoms with van der Waals surface area (Å²) < 4.78 is 5.50. The van der Waals surface area contributed by atoms with E-state index < -0.39 is 0 Å². The summed E-state index contributed by atoms with van der Waals surface area (Å²) in [6.07, 6.45) is 2.32. The molecule has 0 spiro atoms. The highest BCUT2D eigenvalue weighted by molar-refractivity contribution is 5.78. The zero-order chi connectivity index (χ0) is 14.9.